The number of carbonyl (C=O) groups is 1. The highest BCUT2D eigenvalue weighted by molar-refractivity contribution is 5.82. The van der Waals surface area contributed by atoms with Crippen molar-refractivity contribution in [3.8, 4) is 34.3 Å². The number of aromatic nitrogens is 4. The van der Waals surface area contributed by atoms with Gasteiger partial charge in [-0.2, -0.15) is 0 Å². The number of nitrogens with one attached hydrogen (secondary N) is 1. The summed E-state index contributed by atoms with van der Waals surface area (Å²) in [4.78, 5) is 21.2. The maximum Gasteiger partial charge on any atom is 0.225 e. The number of hydrogen-bond acceptors (Lipinski definition) is 7. The third-order valence-corrected chi connectivity index (χ3v) is 6.06. The maximum absolute atomic E-state index is 12.6. The number of hydrogen-bond donors (Lipinski definition) is 3. The van der Waals surface area contributed by atoms with Crippen LogP contribution in [0.3, 0.4) is 0 Å². The lowest BCUT2D eigenvalue weighted by molar-refractivity contribution is -0.130. The van der Waals surface area contributed by atoms with Gasteiger partial charge in [0.1, 0.15) is 34.3 Å². The van der Waals surface area contributed by atoms with E-state index in [0.29, 0.717) is 42.0 Å². The van der Waals surface area contributed by atoms with Gasteiger partial charge in [0, 0.05) is 24.9 Å². The molecule has 0 saturated carbocycles. The first kappa shape index (κ1) is 20.7. The first-order valence-electron chi connectivity index (χ1n) is 10.3. The standard InChI is InChI=1S/C23H25N5O3/c1-23(22(31)24-2)10-3-6-14-15(9-11-23)19(21-17(30)8-5-13-26-21)28-27-18(14)20-16(29)7-4-12-25-20/h4-5,7-8,12-13,29-30H,3,6,9-11H2,1-2H3,(H,24,31). The normalized spacial score (nSPS) is 18.5. The van der Waals surface area contributed by atoms with Gasteiger partial charge in [0.15, 0.2) is 0 Å². The number of nitrogens with zero attached hydrogens (tertiary/aromatic N) is 4. The van der Waals surface area contributed by atoms with E-state index in [9.17, 15) is 15.0 Å². The quantitative estimate of drug-likeness (QED) is 0.596. The molecule has 8 nitrogen and oxygen atoms in total. The van der Waals surface area contributed by atoms with E-state index in [1.807, 2.05) is 6.92 Å². The molecule has 3 N–H and O–H groups in total. The highest BCUT2D eigenvalue weighted by Gasteiger charge is 2.35. The van der Waals surface area contributed by atoms with Gasteiger partial charge >= 0.3 is 0 Å². The molecule has 0 aliphatic heterocycles. The summed E-state index contributed by atoms with van der Waals surface area (Å²) >= 11 is 0. The summed E-state index contributed by atoms with van der Waals surface area (Å²) in [7, 11) is 1.66. The summed E-state index contributed by atoms with van der Waals surface area (Å²) in [6.45, 7) is 1.98. The van der Waals surface area contributed by atoms with Gasteiger partial charge < -0.3 is 15.5 Å². The van der Waals surface area contributed by atoms with Crippen LogP contribution in [0.1, 0.15) is 37.3 Å². The molecule has 8 heteroatoms. The molecule has 1 aliphatic carbocycles. The molecule has 1 unspecified atom stereocenters. The Labute approximate surface area is 180 Å². The van der Waals surface area contributed by atoms with Crippen molar-refractivity contribution < 1.29 is 15.0 Å². The van der Waals surface area contributed by atoms with Crippen LogP contribution in [0, 0.1) is 5.41 Å². The van der Waals surface area contributed by atoms with Crippen LogP contribution in [0.25, 0.3) is 22.8 Å². The summed E-state index contributed by atoms with van der Waals surface area (Å²) in [6.07, 6.45) is 6.50. The lowest BCUT2D eigenvalue weighted by Crippen LogP contribution is -2.38. The number of pyridine rings is 2. The molecule has 0 fully saturated rings. The fraction of sp³-hybridized carbons (Fsp3) is 0.348. The highest BCUT2D eigenvalue weighted by Crippen LogP contribution is 2.40. The predicted octanol–water partition coefficient (Wildman–Crippen LogP) is 3.03. The van der Waals surface area contributed by atoms with E-state index in [0.717, 1.165) is 24.0 Å². The molecule has 0 bridgehead atoms. The molecular formula is C23H25N5O3. The molecule has 1 amide bonds. The van der Waals surface area contributed by atoms with Crippen LogP contribution >= 0.6 is 0 Å². The molecule has 1 atom stereocenters. The van der Waals surface area contributed by atoms with Crippen molar-refractivity contribution in [3.63, 3.8) is 0 Å². The molecule has 3 aromatic heterocycles. The van der Waals surface area contributed by atoms with Crippen molar-refractivity contribution in [2.24, 2.45) is 5.41 Å². The molecule has 0 saturated heterocycles. The van der Waals surface area contributed by atoms with E-state index in [4.69, 9.17) is 0 Å². The minimum Gasteiger partial charge on any atom is -0.506 e. The van der Waals surface area contributed by atoms with Gasteiger partial charge in [-0.25, -0.2) is 0 Å². The highest BCUT2D eigenvalue weighted by atomic mass is 16.3. The second-order valence-corrected chi connectivity index (χ2v) is 8.09. The van der Waals surface area contributed by atoms with E-state index in [-0.39, 0.29) is 17.4 Å². The van der Waals surface area contributed by atoms with Gasteiger partial charge in [0.05, 0.1) is 0 Å². The summed E-state index contributed by atoms with van der Waals surface area (Å²) < 4.78 is 0. The summed E-state index contributed by atoms with van der Waals surface area (Å²) in [6, 6.07) is 6.44. The number of aromatic hydroxyl groups is 2. The monoisotopic (exact) mass is 419 g/mol. The van der Waals surface area contributed by atoms with Crippen molar-refractivity contribution in [2.75, 3.05) is 7.05 Å². The zero-order valence-corrected chi connectivity index (χ0v) is 17.6. The third kappa shape index (κ3) is 3.81. The Morgan fingerprint density at radius 3 is 1.97 bits per heavy atom. The van der Waals surface area contributed by atoms with Crippen molar-refractivity contribution >= 4 is 5.91 Å². The van der Waals surface area contributed by atoms with Gasteiger partial charge in [0.25, 0.3) is 0 Å². The van der Waals surface area contributed by atoms with Crippen molar-refractivity contribution in [2.45, 2.75) is 39.0 Å². The fourth-order valence-electron chi connectivity index (χ4n) is 4.29. The Bertz CT molecular complexity index is 1130. The van der Waals surface area contributed by atoms with Gasteiger partial charge in [0.2, 0.25) is 5.91 Å². The molecular weight excluding hydrogens is 394 g/mol. The fourth-order valence-corrected chi connectivity index (χ4v) is 4.29. The van der Waals surface area contributed by atoms with Gasteiger partial charge in [-0.05, 0) is 67.5 Å². The predicted molar refractivity (Wildman–Crippen MR) is 115 cm³/mol. The average Bonchev–Trinajstić information content (AvgIpc) is 2.77. The molecule has 4 rings (SSSR count). The number of amides is 1. The molecule has 31 heavy (non-hydrogen) atoms. The Morgan fingerprint density at radius 2 is 1.45 bits per heavy atom. The minimum absolute atomic E-state index is 0.0165. The van der Waals surface area contributed by atoms with Crippen LogP contribution in [-0.4, -0.2) is 43.3 Å². The van der Waals surface area contributed by atoms with Crippen LogP contribution in [0.5, 0.6) is 11.5 Å². The van der Waals surface area contributed by atoms with Crippen LogP contribution in [0.4, 0.5) is 0 Å². The first-order chi connectivity index (χ1) is 14.9. The van der Waals surface area contributed by atoms with E-state index < -0.39 is 5.41 Å². The number of rotatable bonds is 3. The van der Waals surface area contributed by atoms with Crippen molar-refractivity contribution in [1.29, 1.82) is 0 Å². The van der Waals surface area contributed by atoms with Crippen LogP contribution in [0.2, 0.25) is 0 Å². The molecule has 3 aromatic rings. The third-order valence-electron chi connectivity index (χ3n) is 6.06. The molecule has 0 spiro atoms. The van der Waals surface area contributed by atoms with Crippen molar-refractivity contribution in [1.82, 2.24) is 25.5 Å². The maximum atomic E-state index is 12.6. The zero-order valence-electron chi connectivity index (χ0n) is 17.6. The van der Waals surface area contributed by atoms with Crippen LogP contribution < -0.4 is 5.32 Å². The summed E-state index contributed by atoms with van der Waals surface area (Å²) in [5.74, 6) is 0.0658. The average molecular weight is 419 g/mol. The Kier molecular flexibility index (Phi) is 5.54. The van der Waals surface area contributed by atoms with E-state index in [2.05, 4.69) is 25.5 Å². The lowest BCUT2D eigenvalue weighted by atomic mass is 9.75. The van der Waals surface area contributed by atoms with Crippen molar-refractivity contribution in [3.05, 3.63) is 47.8 Å². The smallest absolute Gasteiger partial charge is 0.225 e. The van der Waals surface area contributed by atoms with Crippen LogP contribution in [0.15, 0.2) is 36.7 Å². The number of fused-ring (bicyclic) bond motifs is 1. The molecule has 0 radical (unpaired) electrons. The molecule has 3 heterocycles. The Morgan fingerprint density at radius 1 is 0.903 bits per heavy atom. The van der Waals surface area contributed by atoms with E-state index in [1.165, 1.54) is 0 Å². The molecule has 1 aliphatic rings. The molecule has 0 aromatic carbocycles. The molecule has 160 valence electrons. The van der Waals surface area contributed by atoms with Gasteiger partial charge in [-0.1, -0.05) is 6.92 Å². The van der Waals surface area contributed by atoms with E-state index in [1.54, 1.807) is 43.7 Å². The van der Waals surface area contributed by atoms with Gasteiger partial charge in [-0.15, -0.1) is 10.2 Å². The SMILES string of the molecule is CNC(=O)C1(C)CCCc2c(-c3ncccc3O)nnc(-c3ncccc3O)c2CC1. The van der Waals surface area contributed by atoms with Gasteiger partial charge in [-0.3, -0.25) is 14.8 Å². The Hall–Kier alpha value is -3.55. The Balaban J connectivity index is 1.91. The largest absolute Gasteiger partial charge is 0.506 e. The lowest BCUT2D eigenvalue weighted by Gasteiger charge is -2.31. The first-order valence-corrected chi connectivity index (χ1v) is 10.3. The minimum atomic E-state index is -0.507. The van der Waals surface area contributed by atoms with Crippen LogP contribution in [-0.2, 0) is 17.6 Å². The summed E-state index contributed by atoms with van der Waals surface area (Å²) in [5.41, 5.74) is 3.03. The van der Waals surface area contributed by atoms with E-state index >= 15 is 0 Å². The second kappa shape index (κ2) is 8.29. The number of carbonyl (C=O) groups excluding carboxylic acids is 1. The second-order valence-electron chi connectivity index (χ2n) is 8.09. The zero-order chi connectivity index (χ0) is 22.0. The summed E-state index contributed by atoms with van der Waals surface area (Å²) in [5, 5.41) is 32.4. The topological polar surface area (TPSA) is 121 Å².